The summed E-state index contributed by atoms with van der Waals surface area (Å²) in [6.45, 7) is 2.33. The zero-order valence-corrected chi connectivity index (χ0v) is 11.9. The predicted octanol–water partition coefficient (Wildman–Crippen LogP) is 1.16. The minimum atomic E-state index is -0.136. The van der Waals surface area contributed by atoms with Crippen LogP contribution in [0.5, 0.6) is 5.75 Å². The zero-order chi connectivity index (χ0) is 15.0. The van der Waals surface area contributed by atoms with Crippen molar-refractivity contribution in [3.63, 3.8) is 0 Å². The molecule has 110 valence electrons. The third-order valence-electron chi connectivity index (χ3n) is 3.82. The molecule has 3 rings (SSSR count). The first-order valence-electron chi connectivity index (χ1n) is 6.81. The van der Waals surface area contributed by atoms with E-state index in [4.69, 9.17) is 4.74 Å². The van der Waals surface area contributed by atoms with Crippen molar-refractivity contribution >= 4 is 22.7 Å². The van der Waals surface area contributed by atoms with E-state index in [1.165, 1.54) is 7.11 Å². The Labute approximate surface area is 121 Å². The molecule has 0 saturated carbocycles. The minimum Gasteiger partial charge on any atom is -0.496 e. The number of hydrogen-bond acceptors (Lipinski definition) is 5. The van der Waals surface area contributed by atoms with Gasteiger partial charge in [0, 0.05) is 31.5 Å². The molecule has 1 amide bonds. The van der Waals surface area contributed by atoms with Crippen LogP contribution in [0.25, 0.3) is 11.0 Å². The Hall–Kier alpha value is -2.44. The van der Waals surface area contributed by atoms with Gasteiger partial charge in [-0.25, -0.2) is 0 Å². The van der Waals surface area contributed by atoms with Crippen molar-refractivity contribution in [2.45, 2.75) is 25.8 Å². The highest BCUT2D eigenvalue weighted by Gasteiger charge is 2.29. The van der Waals surface area contributed by atoms with Gasteiger partial charge in [0.1, 0.15) is 17.0 Å². The summed E-state index contributed by atoms with van der Waals surface area (Å²) in [5, 5.41) is 10.4. The maximum atomic E-state index is 12.7. The molecule has 2 aromatic rings. The van der Waals surface area contributed by atoms with Crippen LogP contribution in [0, 0.1) is 0 Å². The fourth-order valence-electron chi connectivity index (χ4n) is 2.67. The average molecular weight is 288 g/mol. The molecule has 7 heteroatoms. The quantitative estimate of drug-likeness (QED) is 0.895. The van der Waals surface area contributed by atoms with Crippen LogP contribution < -0.4 is 4.74 Å². The van der Waals surface area contributed by atoms with Crippen molar-refractivity contribution in [3.8, 4) is 5.75 Å². The molecule has 0 radical (unpaired) electrons. The maximum absolute atomic E-state index is 12.7. The van der Waals surface area contributed by atoms with Gasteiger partial charge in [-0.1, -0.05) is 5.21 Å². The molecule has 1 atom stereocenters. The van der Waals surface area contributed by atoms with Gasteiger partial charge in [-0.3, -0.25) is 14.7 Å². The standard InChI is InChI=1S/C14H16N4O3/c1-8-5-9(19)3-4-18(8)14(20)10-6-11-12(16-17-15-11)7-13(10)21-2/h6-8H,3-5H2,1-2H3,(H,15,16,17)/t8-/m1/s1. The van der Waals surface area contributed by atoms with Gasteiger partial charge in [0.25, 0.3) is 5.91 Å². The highest BCUT2D eigenvalue weighted by molar-refractivity contribution is 6.01. The number of aromatic nitrogens is 3. The summed E-state index contributed by atoms with van der Waals surface area (Å²) in [7, 11) is 1.52. The van der Waals surface area contributed by atoms with Crippen LogP contribution in [0.15, 0.2) is 12.1 Å². The Balaban J connectivity index is 1.98. The van der Waals surface area contributed by atoms with Crippen molar-refractivity contribution < 1.29 is 14.3 Å². The summed E-state index contributed by atoms with van der Waals surface area (Å²) in [5.74, 6) is 0.528. The van der Waals surface area contributed by atoms with Crippen molar-refractivity contribution in [3.05, 3.63) is 17.7 Å². The molecule has 1 aliphatic heterocycles. The third kappa shape index (κ3) is 2.35. The number of H-pyrrole nitrogens is 1. The summed E-state index contributed by atoms with van der Waals surface area (Å²) in [5.41, 5.74) is 1.78. The van der Waals surface area contributed by atoms with Crippen molar-refractivity contribution in [2.75, 3.05) is 13.7 Å². The number of nitrogens with one attached hydrogen (secondary N) is 1. The van der Waals surface area contributed by atoms with Gasteiger partial charge in [-0.15, -0.1) is 5.10 Å². The molecule has 1 fully saturated rings. The van der Waals surface area contributed by atoms with E-state index in [-0.39, 0.29) is 17.7 Å². The van der Waals surface area contributed by atoms with Crippen LogP contribution in [-0.2, 0) is 4.79 Å². The molecule has 1 saturated heterocycles. The number of fused-ring (bicyclic) bond motifs is 1. The fourth-order valence-corrected chi connectivity index (χ4v) is 2.67. The van der Waals surface area contributed by atoms with Crippen molar-refractivity contribution in [2.24, 2.45) is 0 Å². The summed E-state index contributed by atoms with van der Waals surface area (Å²) in [6, 6.07) is 3.28. The highest BCUT2D eigenvalue weighted by atomic mass is 16.5. The number of carbonyl (C=O) groups excluding carboxylic acids is 2. The van der Waals surface area contributed by atoms with Crippen LogP contribution in [0.4, 0.5) is 0 Å². The largest absolute Gasteiger partial charge is 0.496 e. The van der Waals surface area contributed by atoms with Gasteiger partial charge >= 0.3 is 0 Å². The maximum Gasteiger partial charge on any atom is 0.257 e. The van der Waals surface area contributed by atoms with E-state index in [0.29, 0.717) is 41.7 Å². The molecule has 0 spiro atoms. The van der Waals surface area contributed by atoms with Crippen LogP contribution >= 0.6 is 0 Å². The van der Waals surface area contributed by atoms with Gasteiger partial charge < -0.3 is 9.64 Å². The Morgan fingerprint density at radius 1 is 1.48 bits per heavy atom. The number of carbonyl (C=O) groups is 2. The van der Waals surface area contributed by atoms with E-state index in [0.717, 1.165) is 0 Å². The van der Waals surface area contributed by atoms with E-state index < -0.39 is 0 Å². The summed E-state index contributed by atoms with van der Waals surface area (Å²) in [6.07, 6.45) is 0.814. The Bertz CT molecular complexity index is 709. The third-order valence-corrected chi connectivity index (χ3v) is 3.82. The molecule has 2 heterocycles. The van der Waals surface area contributed by atoms with Crippen LogP contribution in [0.1, 0.15) is 30.1 Å². The number of piperidine rings is 1. The van der Waals surface area contributed by atoms with Gasteiger partial charge in [-0.05, 0) is 13.0 Å². The molecule has 1 aromatic carbocycles. The lowest BCUT2D eigenvalue weighted by Crippen LogP contribution is -2.44. The minimum absolute atomic E-state index is 0.0981. The Kier molecular flexibility index (Phi) is 3.32. The Morgan fingerprint density at radius 3 is 3.00 bits per heavy atom. The van der Waals surface area contributed by atoms with Crippen LogP contribution in [0.3, 0.4) is 0 Å². The number of ketones is 1. The molecule has 0 unspecified atom stereocenters. The number of likely N-dealkylation sites (tertiary alicyclic amines) is 1. The lowest BCUT2D eigenvalue weighted by atomic mass is 10.0. The molecule has 7 nitrogen and oxygen atoms in total. The summed E-state index contributed by atoms with van der Waals surface area (Å²) < 4.78 is 5.30. The number of rotatable bonds is 2. The number of methoxy groups -OCH3 is 1. The molecular formula is C14H16N4O3. The second-order valence-corrected chi connectivity index (χ2v) is 5.22. The van der Waals surface area contributed by atoms with E-state index in [9.17, 15) is 9.59 Å². The molecular weight excluding hydrogens is 272 g/mol. The molecule has 21 heavy (non-hydrogen) atoms. The zero-order valence-electron chi connectivity index (χ0n) is 11.9. The second kappa shape index (κ2) is 5.16. The van der Waals surface area contributed by atoms with Crippen LogP contribution in [0.2, 0.25) is 0 Å². The first kappa shape index (κ1) is 13.5. The number of aromatic amines is 1. The summed E-state index contributed by atoms with van der Waals surface area (Å²) >= 11 is 0. The first-order chi connectivity index (χ1) is 10.1. The molecule has 1 aromatic heterocycles. The number of Topliss-reactive ketones (excluding diaryl/α,β-unsaturated/α-hetero) is 1. The number of benzene rings is 1. The highest BCUT2D eigenvalue weighted by Crippen LogP contribution is 2.27. The van der Waals surface area contributed by atoms with Crippen molar-refractivity contribution in [1.29, 1.82) is 0 Å². The van der Waals surface area contributed by atoms with E-state index in [1.807, 2.05) is 6.92 Å². The monoisotopic (exact) mass is 288 g/mol. The lowest BCUT2D eigenvalue weighted by Gasteiger charge is -2.33. The fraction of sp³-hybridized carbons (Fsp3) is 0.429. The van der Waals surface area contributed by atoms with Gasteiger partial charge in [0.2, 0.25) is 0 Å². The molecule has 1 aliphatic rings. The molecule has 0 aliphatic carbocycles. The number of amides is 1. The SMILES string of the molecule is COc1cc2nn[nH]c2cc1C(=O)N1CCC(=O)C[C@H]1C. The normalized spacial score (nSPS) is 19.0. The van der Waals surface area contributed by atoms with Gasteiger partial charge in [-0.2, -0.15) is 0 Å². The topological polar surface area (TPSA) is 88.2 Å². The molecule has 0 bridgehead atoms. The van der Waals surface area contributed by atoms with Gasteiger partial charge in [0.05, 0.1) is 18.2 Å². The second-order valence-electron chi connectivity index (χ2n) is 5.22. The van der Waals surface area contributed by atoms with E-state index >= 15 is 0 Å². The summed E-state index contributed by atoms with van der Waals surface area (Å²) in [4.78, 5) is 25.9. The lowest BCUT2D eigenvalue weighted by molar-refractivity contribution is -0.122. The molecule has 1 N–H and O–H groups in total. The first-order valence-corrected chi connectivity index (χ1v) is 6.81. The smallest absolute Gasteiger partial charge is 0.257 e. The number of hydrogen-bond donors (Lipinski definition) is 1. The van der Waals surface area contributed by atoms with Crippen LogP contribution in [-0.4, -0.2) is 51.7 Å². The van der Waals surface area contributed by atoms with Gasteiger partial charge in [0.15, 0.2) is 0 Å². The average Bonchev–Trinajstić information content (AvgIpc) is 2.92. The Morgan fingerprint density at radius 2 is 2.29 bits per heavy atom. The predicted molar refractivity (Wildman–Crippen MR) is 75.2 cm³/mol. The number of nitrogens with zero attached hydrogens (tertiary/aromatic N) is 3. The van der Waals surface area contributed by atoms with Crippen molar-refractivity contribution in [1.82, 2.24) is 20.3 Å². The van der Waals surface area contributed by atoms with E-state index in [2.05, 4.69) is 15.4 Å². The van der Waals surface area contributed by atoms with E-state index in [1.54, 1.807) is 17.0 Å². The number of ether oxygens (including phenoxy) is 1.